The van der Waals surface area contributed by atoms with Crippen molar-refractivity contribution in [3.05, 3.63) is 40.1 Å². The number of carboxylic acid groups (broad SMARTS) is 1. The largest absolute Gasteiger partial charge is 0.496 e. The summed E-state index contributed by atoms with van der Waals surface area (Å²) in [6.45, 7) is 0. The Morgan fingerprint density at radius 3 is 2.68 bits per heavy atom. The van der Waals surface area contributed by atoms with Gasteiger partial charge in [0.25, 0.3) is 0 Å². The Bertz CT molecular complexity index is 1020. The molecule has 0 radical (unpaired) electrons. The van der Waals surface area contributed by atoms with Gasteiger partial charge in [0.1, 0.15) is 15.6 Å². The van der Waals surface area contributed by atoms with E-state index in [1.807, 2.05) is 17.7 Å². The van der Waals surface area contributed by atoms with E-state index in [1.165, 1.54) is 36.9 Å². The lowest BCUT2D eigenvalue weighted by Crippen LogP contribution is -2.02. The number of carbonyl (C=O) groups excluding carboxylic acids is 1. The van der Waals surface area contributed by atoms with Gasteiger partial charge in [0.2, 0.25) is 0 Å². The number of hydrogen-bond donors (Lipinski definition) is 1. The summed E-state index contributed by atoms with van der Waals surface area (Å²) in [5.41, 5.74) is 3.05. The number of methoxy groups -OCH3 is 2. The van der Waals surface area contributed by atoms with Gasteiger partial charge in [-0.1, -0.05) is 0 Å². The minimum atomic E-state index is -0.923. The van der Waals surface area contributed by atoms with E-state index in [-0.39, 0.29) is 12.4 Å². The first kappa shape index (κ1) is 20.4. The molecule has 1 aromatic carbocycles. The maximum Gasteiger partial charge on any atom is 0.348 e. The maximum absolute atomic E-state index is 11.8. The molecule has 0 unspecified atom stereocenters. The molecule has 0 bridgehead atoms. The molecule has 2 aromatic heterocycles. The van der Waals surface area contributed by atoms with Crippen LogP contribution in [0.1, 0.15) is 15.2 Å². The molecule has 2 heterocycles. The van der Waals surface area contributed by atoms with E-state index in [2.05, 4.69) is 0 Å². The van der Waals surface area contributed by atoms with Crippen molar-refractivity contribution >= 4 is 46.4 Å². The van der Waals surface area contributed by atoms with Crippen LogP contribution in [0.3, 0.4) is 0 Å². The average molecular weight is 436 g/mol. The van der Waals surface area contributed by atoms with Crippen molar-refractivity contribution in [2.24, 2.45) is 0 Å². The lowest BCUT2D eigenvalue weighted by molar-refractivity contribution is -0.136. The fourth-order valence-electron chi connectivity index (χ4n) is 2.65. The van der Waals surface area contributed by atoms with E-state index >= 15 is 0 Å². The van der Waals surface area contributed by atoms with Crippen molar-refractivity contribution in [3.8, 4) is 27.6 Å². The van der Waals surface area contributed by atoms with Crippen LogP contribution in [0.15, 0.2) is 33.9 Å². The Hall–Kier alpha value is -2.36. The molecular formula is C19H17NO5S3. The van der Waals surface area contributed by atoms with Gasteiger partial charge in [0.15, 0.2) is 0 Å². The van der Waals surface area contributed by atoms with Gasteiger partial charge in [0, 0.05) is 22.1 Å². The Kier molecular flexibility index (Phi) is 6.38. The molecule has 0 atom stereocenters. The van der Waals surface area contributed by atoms with E-state index < -0.39 is 5.97 Å². The van der Waals surface area contributed by atoms with Crippen molar-refractivity contribution in [1.29, 1.82) is 0 Å². The molecule has 3 rings (SSSR count). The highest BCUT2D eigenvalue weighted by Gasteiger charge is 2.19. The zero-order valence-corrected chi connectivity index (χ0v) is 17.8. The number of thioether (sulfide) groups is 1. The Balaban J connectivity index is 1.98. The number of esters is 1. The molecule has 0 saturated carbocycles. The second kappa shape index (κ2) is 8.76. The number of carboxylic acids is 1. The summed E-state index contributed by atoms with van der Waals surface area (Å²) in [6, 6.07) is 7.19. The van der Waals surface area contributed by atoms with E-state index in [9.17, 15) is 9.59 Å². The van der Waals surface area contributed by atoms with Crippen LogP contribution in [0.25, 0.3) is 21.8 Å². The lowest BCUT2D eigenvalue weighted by atomic mass is 10.1. The number of thiazole rings is 1. The molecule has 0 aliphatic rings. The monoisotopic (exact) mass is 435 g/mol. The number of thiophene rings is 1. The Morgan fingerprint density at radius 1 is 1.25 bits per heavy atom. The number of aromatic nitrogens is 1. The normalized spacial score (nSPS) is 10.7. The fourth-order valence-corrected chi connectivity index (χ4v) is 5.41. The molecule has 28 heavy (non-hydrogen) atoms. The summed E-state index contributed by atoms with van der Waals surface area (Å²) in [7, 11) is 2.88. The number of carbonyl (C=O) groups is 2. The van der Waals surface area contributed by atoms with Crippen LogP contribution in [0.2, 0.25) is 0 Å². The zero-order valence-electron chi connectivity index (χ0n) is 15.3. The van der Waals surface area contributed by atoms with Gasteiger partial charge in [0.05, 0.1) is 30.5 Å². The standard InChI is InChI=1S/C19H17NO5S3/c1-24-14-5-4-10(6-11(14)7-16(21)22)13-9-27-17(20-13)12-8-15(18(23)25-2)28-19(12)26-3/h4-6,8-9H,7H2,1-3H3,(H,21,22). The van der Waals surface area contributed by atoms with Crippen molar-refractivity contribution in [2.45, 2.75) is 10.6 Å². The highest BCUT2D eigenvalue weighted by molar-refractivity contribution is 8.00. The van der Waals surface area contributed by atoms with Gasteiger partial charge in [-0.25, -0.2) is 9.78 Å². The minimum Gasteiger partial charge on any atom is -0.496 e. The number of hydrogen-bond acceptors (Lipinski definition) is 8. The number of benzene rings is 1. The highest BCUT2D eigenvalue weighted by Crippen LogP contribution is 2.40. The summed E-state index contributed by atoms with van der Waals surface area (Å²) in [5, 5.41) is 11.8. The second-order valence-corrected chi connectivity index (χ2v) is 8.63. The van der Waals surface area contributed by atoms with Crippen LogP contribution in [-0.2, 0) is 16.0 Å². The first-order valence-corrected chi connectivity index (χ1v) is 11.0. The van der Waals surface area contributed by atoms with Crippen LogP contribution in [0.4, 0.5) is 0 Å². The number of nitrogens with zero attached hydrogens (tertiary/aromatic N) is 1. The Labute approximate surface area is 174 Å². The van der Waals surface area contributed by atoms with Crippen molar-refractivity contribution in [2.75, 3.05) is 20.5 Å². The summed E-state index contributed by atoms with van der Waals surface area (Å²) in [6.07, 6.45) is 1.82. The number of ether oxygens (including phenoxy) is 2. The van der Waals surface area contributed by atoms with Gasteiger partial charge in [-0.05, 0) is 30.5 Å². The van der Waals surface area contributed by atoms with E-state index in [0.29, 0.717) is 16.2 Å². The number of aliphatic carboxylic acids is 1. The van der Waals surface area contributed by atoms with Crippen molar-refractivity contribution in [1.82, 2.24) is 4.98 Å². The van der Waals surface area contributed by atoms with Gasteiger partial charge in [-0.15, -0.1) is 34.4 Å². The molecule has 0 aliphatic heterocycles. The Morgan fingerprint density at radius 2 is 2.04 bits per heavy atom. The molecule has 6 nitrogen and oxygen atoms in total. The zero-order chi connectivity index (χ0) is 20.3. The molecule has 146 valence electrons. The number of rotatable bonds is 7. The third-order valence-corrected chi connectivity index (χ3v) is 7.05. The first-order chi connectivity index (χ1) is 13.5. The third-order valence-electron chi connectivity index (χ3n) is 3.92. The molecule has 0 aliphatic carbocycles. The molecular weight excluding hydrogens is 418 g/mol. The molecule has 0 fully saturated rings. The van der Waals surface area contributed by atoms with E-state index in [1.54, 1.807) is 30.0 Å². The van der Waals surface area contributed by atoms with Crippen LogP contribution in [0.5, 0.6) is 5.75 Å². The minimum absolute atomic E-state index is 0.127. The lowest BCUT2D eigenvalue weighted by Gasteiger charge is -2.08. The summed E-state index contributed by atoms with van der Waals surface area (Å²) < 4.78 is 11.1. The van der Waals surface area contributed by atoms with Crippen molar-refractivity contribution < 1.29 is 24.2 Å². The molecule has 0 spiro atoms. The summed E-state index contributed by atoms with van der Waals surface area (Å²) >= 11 is 4.41. The van der Waals surface area contributed by atoms with Gasteiger partial charge < -0.3 is 14.6 Å². The maximum atomic E-state index is 11.8. The van der Waals surface area contributed by atoms with Crippen LogP contribution in [0, 0.1) is 0 Å². The molecule has 0 amide bonds. The average Bonchev–Trinajstić information content (AvgIpc) is 3.33. The first-order valence-electron chi connectivity index (χ1n) is 8.08. The smallest absolute Gasteiger partial charge is 0.348 e. The molecule has 1 N–H and O–H groups in total. The van der Waals surface area contributed by atoms with Crippen LogP contribution >= 0.6 is 34.4 Å². The second-order valence-electron chi connectivity index (χ2n) is 5.64. The van der Waals surface area contributed by atoms with Gasteiger partial charge >= 0.3 is 11.9 Å². The summed E-state index contributed by atoms with van der Waals surface area (Å²) in [4.78, 5) is 28.2. The van der Waals surface area contributed by atoms with Gasteiger partial charge in [-0.3, -0.25) is 4.79 Å². The van der Waals surface area contributed by atoms with E-state index in [4.69, 9.17) is 19.6 Å². The molecule has 0 saturated heterocycles. The van der Waals surface area contributed by atoms with Crippen LogP contribution < -0.4 is 4.74 Å². The molecule has 3 aromatic rings. The molecule has 9 heteroatoms. The predicted molar refractivity (Wildman–Crippen MR) is 112 cm³/mol. The topological polar surface area (TPSA) is 85.7 Å². The van der Waals surface area contributed by atoms with Crippen LogP contribution in [-0.4, -0.2) is 42.5 Å². The van der Waals surface area contributed by atoms with E-state index in [0.717, 1.165) is 26.0 Å². The fraction of sp³-hybridized carbons (Fsp3) is 0.211. The van der Waals surface area contributed by atoms with Crippen molar-refractivity contribution in [3.63, 3.8) is 0 Å². The van der Waals surface area contributed by atoms with Gasteiger partial charge in [-0.2, -0.15) is 0 Å². The highest BCUT2D eigenvalue weighted by atomic mass is 32.2. The summed E-state index contributed by atoms with van der Waals surface area (Å²) in [5.74, 6) is -0.753. The SMILES string of the molecule is COC(=O)c1cc(-c2nc(-c3ccc(OC)c(CC(=O)O)c3)cs2)c(SC)s1. The predicted octanol–water partition coefficient (Wildman–Crippen LogP) is 4.68. The quantitative estimate of drug-likeness (QED) is 0.426. The third kappa shape index (κ3) is 4.21.